The summed E-state index contributed by atoms with van der Waals surface area (Å²) in [6.45, 7) is 3.53. The molecule has 0 spiro atoms. The van der Waals surface area contributed by atoms with Gasteiger partial charge in [-0.3, -0.25) is 4.79 Å². The fraction of sp³-hybridized carbons (Fsp3) is 0.273. The van der Waals surface area contributed by atoms with Gasteiger partial charge in [0, 0.05) is 42.8 Å². The summed E-state index contributed by atoms with van der Waals surface area (Å²) in [4.78, 5) is 17.0. The summed E-state index contributed by atoms with van der Waals surface area (Å²) in [7, 11) is 1.63. The van der Waals surface area contributed by atoms with Gasteiger partial charge < -0.3 is 14.8 Å². The van der Waals surface area contributed by atoms with Crippen LogP contribution in [0.2, 0.25) is 0 Å². The summed E-state index contributed by atoms with van der Waals surface area (Å²) in [5.74, 6) is 0.194. The van der Waals surface area contributed by atoms with Gasteiger partial charge >= 0.3 is 0 Å². The fourth-order valence-corrected chi connectivity index (χ4v) is 2.90. The van der Waals surface area contributed by atoms with Crippen molar-refractivity contribution in [1.82, 2.24) is 10.3 Å². The van der Waals surface area contributed by atoms with Crippen molar-refractivity contribution in [3.05, 3.63) is 59.9 Å². The third-order valence-electron chi connectivity index (χ3n) is 4.28. The molecule has 28 heavy (non-hydrogen) atoms. The van der Waals surface area contributed by atoms with Crippen LogP contribution in [0.5, 0.6) is 5.75 Å². The van der Waals surface area contributed by atoms with Crippen LogP contribution < -0.4 is 10.1 Å². The number of rotatable bonds is 8. The molecule has 0 unspecified atom stereocenters. The number of hydrogen-bond donors (Lipinski definition) is 1. The molecule has 0 atom stereocenters. The van der Waals surface area contributed by atoms with E-state index < -0.39 is 0 Å². The van der Waals surface area contributed by atoms with Crippen molar-refractivity contribution in [3.8, 4) is 17.0 Å². The Balaban J connectivity index is 1.93. The molecule has 3 rings (SSSR count). The molecule has 6 heteroatoms. The average molecular weight is 382 g/mol. The van der Waals surface area contributed by atoms with Crippen molar-refractivity contribution in [2.24, 2.45) is 0 Å². The summed E-state index contributed by atoms with van der Waals surface area (Å²) < 4.78 is 24.0. The van der Waals surface area contributed by atoms with Crippen molar-refractivity contribution in [1.29, 1.82) is 0 Å². The van der Waals surface area contributed by atoms with E-state index in [2.05, 4.69) is 10.3 Å². The zero-order chi connectivity index (χ0) is 19.9. The van der Waals surface area contributed by atoms with Gasteiger partial charge in [-0.15, -0.1) is 0 Å². The van der Waals surface area contributed by atoms with Crippen LogP contribution in [0.25, 0.3) is 22.2 Å². The van der Waals surface area contributed by atoms with Crippen molar-refractivity contribution in [2.75, 3.05) is 26.9 Å². The van der Waals surface area contributed by atoms with Crippen LogP contribution in [-0.4, -0.2) is 37.8 Å². The molecule has 1 aromatic heterocycles. The lowest BCUT2D eigenvalue weighted by Gasteiger charge is -2.12. The number of benzene rings is 2. The SMILES string of the molecule is CCOc1cc(-c2ccc(F)cc2)nc2ccc(C(=O)NCCCOC)cc12. The number of carbonyl (C=O) groups is 1. The summed E-state index contributed by atoms with van der Waals surface area (Å²) >= 11 is 0. The molecule has 5 nitrogen and oxygen atoms in total. The quantitative estimate of drug-likeness (QED) is 0.593. The first kappa shape index (κ1) is 19.8. The van der Waals surface area contributed by atoms with Crippen LogP contribution in [0, 0.1) is 5.82 Å². The molecule has 0 bridgehead atoms. The summed E-state index contributed by atoms with van der Waals surface area (Å²) in [6, 6.07) is 13.3. The van der Waals surface area contributed by atoms with E-state index in [9.17, 15) is 9.18 Å². The lowest BCUT2D eigenvalue weighted by Crippen LogP contribution is -2.25. The molecular weight excluding hydrogens is 359 g/mol. The molecule has 0 fully saturated rings. The molecule has 1 heterocycles. The maximum atomic E-state index is 13.2. The van der Waals surface area contributed by atoms with Crippen molar-refractivity contribution < 1.29 is 18.7 Å². The van der Waals surface area contributed by atoms with Gasteiger partial charge in [0.25, 0.3) is 5.91 Å². The van der Waals surface area contributed by atoms with Crippen molar-refractivity contribution >= 4 is 16.8 Å². The number of nitrogens with zero attached hydrogens (tertiary/aromatic N) is 1. The summed E-state index contributed by atoms with van der Waals surface area (Å²) in [6.07, 6.45) is 0.753. The third kappa shape index (κ3) is 4.64. The Morgan fingerprint density at radius 3 is 2.64 bits per heavy atom. The Morgan fingerprint density at radius 1 is 1.14 bits per heavy atom. The van der Waals surface area contributed by atoms with Gasteiger partial charge in [-0.25, -0.2) is 9.37 Å². The van der Waals surface area contributed by atoms with E-state index in [4.69, 9.17) is 9.47 Å². The number of carbonyl (C=O) groups excluding carboxylic acids is 1. The molecule has 0 aliphatic carbocycles. The van der Waals surface area contributed by atoms with E-state index in [1.165, 1.54) is 12.1 Å². The normalized spacial score (nSPS) is 10.8. The Morgan fingerprint density at radius 2 is 1.93 bits per heavy atom. The zero-order valence-corrected chi connectivity index (χ0v) is 16.0. The molecule has 0 aliphatic heterocycles. The van der Waals surface area contributed by atoms with Gasteiger partial charge in [0.15, 0.2) is 0 Å². The monoisotopic (exact) mass is 382 g/mol. The van der Waals surface area contributed by atoms with E-state index >= 15 is 0 Å². The Hall–Kier alpha value is -2.99. The van der Waals surface area contributed by atoms with E-state index in [0.29, 0.717) is 42.3 Å². The minimum atomic E-state index is -0.296. The smallest absolute Gasteiger partial charge is 0.251 e. The number of pyridine rings is 1. The van der Waals surface area contributed by atoms with Gasteiger partial charge in [-0.1, -0.05) is 0 Å². The number of methoxy groups -OCH3 is 1. The minimum Gasteiger partial charge on any atom is -0.493 e. The molecule has 0 radical (unpaired) electrons. The highest BCUT2D eigenvalue weighted by atomic mass is 19.1. The molecule has 146 valence electrons. The maximum absolute atomic E-state index is 13.2. The molecule has 1 N–H and O–H groups in total. The van der Waals surface area contributed by atoms with Crippen LogP contribution in [0.1, 0.15) is 23.7 Å². The zero-order valence-electron chi connectivity index (χ0n) is 16.0. The fourth-order valence-electron chi connectivity index (χ4n) is 2.90. The number of halogens is 1. The summed E-state index contributed by atoms with van der Waals surface area (Å²) in [5, 5.41) is 3.64. The van der Waals surface area contributed by atoms with Crippen molar-refractivity contribution in [3.63, 3.8) is 0 Å². The first-order chi connectivity index (χ1) is 13.6. The molecule has 3 aromatic rings. The predicted molar refractivity (Wildman–Crippen MR) is 107 cm³/mol. The highest BCUT2D eigenvalue weighted by Crippen LogP contribution is 2.31. The molecule has 0 aliphatic rings. The Labute approximate surface area is 163 Å². The second-order valence-electron chi connectivity index (χ2n) is 6.28. The molecule has 0 saturated heterocycles. The Bertz CT molecular complexity index is 958. The van der Waals surface area contributed by atoms with Crippen LogP contribution >= 0.6 is 0 Å². The number of hydrogen-bond acceptors (Lipinski definition) is 4. The molecule has 0 saturated carbocycles. The molecule has 2 aromatic carbocycles. The van der Waals surface area contributed by atoms with Crippen LogP contribution in [-0.2, 0) is 4.74 Å². The lowest BCUT2D eigenvalue weighted by molar-refractivity contribution is 0.0948. The first-order valence-electron chi connectivity index (χ1n) is 9.23. The molecular formula is C22H23FN2O3. The van der Waals surface area contributed by atoms with Crippen LogP contribution in [0.4, 0.5) is 4.39 Å². The topological polar surface area (TPSA) is 60.5 Å². The first-order valence-corrected chi connectivity index (χ1v) is 9.23. The average Bonchev–Trinajstić information content (AvgIpc) is 2.71. The molecule has 1 amide bonds. The van der Waals surface area contributed by atoms with E-state index in [-0.39, 0.29) is 11.7 Å². The number of aromatic nitrogens is 1. The number of nitrogens with one attached hydrogen (secondary N) is 1. The maximum Gasteiger partial charge on any atom is 0.251 e. The number of ether oxygens (including phenoxy) is 2. The van der Waals surface area contributed by atoms with Gasteiger partial charge in [0.2, 0.25) is 0 Å². The van der Waals surface area contributed by atoms with Gasteiger partial charge in [-0.05, 0) is 55.8 Å². The van der Waals surface area contributed by atoms with Crippen LogP contribution in [0.3, 0.4) is 0 Å². The van der Waals surface area contributed by atoms with Gasteiger partial charge in [-0.2, -0.15) is 0 Å². The third-order valence-corrected chi connectivity index (χ3v) is 4.28. The minimum absolute atomic E-state index is 0.150. The highest BCUT2D eigenvalue weighted by Gasteiger charge is 2.12. The standard InChI is InChI=1S/C22H23FN2O3/c1-3-28-21-14-20(15-5-8-17(23)9-6-15)25-19-10-7-16(13-18(19)21)22(26)24-11-4-12-27-2/h5-10,13-14H,3-4,11-12H2,1-2H3,(H,24,26). The number of fused-ring (bicyclic) bond motifs is 1. The largest absolute Gasteiger partial charge is 0.493 e. The van der Waals surface area contributed by atoms with Gasteiger partial charge in [0.1, 0.15) is 11.6 Å². The van der Waals surface area contributed by atoms with E-state index in [1.54, 1.807) is 37.4 Å². The van der Waals surface area contributed by atoms with E-state index in [1.807, 2.05) is 13.0 Å². The second kappa shape index (κ2) is 9.28. The summed E-state index contributed by atoms with van der Waals surface area (Å²) in [5.41, 5.74) is 2.74. The van der Waals surface area contributed by atoms with E-state index in [0.717, 1.165) is 17.4 Å². The number of amides is 1. The van der Waals surface area contributed by atoms with Crippen molar-refractivity contribution in [2.45, 2.75) is 13.3 Å². The van der Waals surface area contributed by atoms with Gasteiger partial charge in [0.05, 0.1) is 17.8 Å². The lowest BCUT2D eigenvalue weighted by atomic mass is 10.1. The Kier molecular flexibility index (Phi) is 6.55. The highest BCUT2D eigenvalue weighted by molar-refractivity contribution is 5.99. The second-order valence-corrected chi connectivity index (χ2v) is 6.28. The predicted octanol–water partition coefficient (Wildman–Crippen LogP) is 4.21. The van der Waals surface area contributed by atoms with Crippen LogP contribution in [0.15, 0.2) is 48.5 Å².